The number of aliphatic hydroxyl groups is 1. The summed E-state index contributed by atoms with van der Waals surface area (Å²) < 4.78 is 21.2. The molecule has 0 aromatic rings. The van der Waals surface area contributed by atoms with Gasteiger partial charge in [-0.1, -0.05) is 0 Å². The summed E-state index contributed by atoms with van der Waals surface area (Å²) in [7, 11) is 0. The molecule has 2 aliphatic rings. The molecule has 6 heteroatoms. The molecule has 6 nitrogen and oxygen atoms in total. The maximum absolute atomic E-state index is 11.3. The van der Waals surface area contributed by atoms with Crippen molar-refractivity contribution in [2.24, 2.45) is 0 Å². The van der Waals surface area contributed by atoms with Crippen LogP contribution in [0.4, 0.5) is 0 Å². The molecular weight excluding hydrogens is 228 g/mol. The zero-order chi connectivity index (χ0) is 12.6. The Morgan fingerprint density at radius 3 is 2.76 bits per heavy atom. The van der Waals surface area contributed by atoms with Crippen LogP contribution in [0.1, 0.15) is 20.8 Å². The van der Waals surface area contributed by atoms with Gasteiger partial charge in [0.15, 0.2) is 17.7 Å². The van der Waals surface area contributed by atoms with Crippen molar-refractivity contribution in [2.75, 3.05) is 13.2 Å². The number of esters is 1. The predicted octanol–water partition coefficient (Wildman–Crippen LogP) is 0.869. The average molecular weight is 244 g/mol. The smallest absolute Gasteiger partial charge is 0.378 e. The normalized spacial score (nSPS) is 31.8. The first kappa shape index (κ1) is 12.2. The molecule has 0 amide bonds. The summed E-state index contributed by atoms with van der Waals surface area (Å²) in [5.41, 5.74) is 0. The summed E-state index contributed by atoms with van der Waals surface area (Å²) >= 11 is 0. The number of cyclic esters (lactones) is 1. The third-order valence-electron chi connectivity index (χ3n) is 2.59. The minimum Gasteiger partial charge on any atom is -0.499 e. The molecule has 0 aromatic carbocycles. The van der Waals surface area contributed by atoms with E-state index in [2.05, 4.69) is 0 Å². The minimum atomic E-state index is -0.785. The standard InChI is InChI=1S/C11H16O6/c1-4-14-9-7(12)10(13)16-8(9)6-5-15-11(2,3)17-6/h6,8,12H,4-5H2,1-3H3/t6-,8+/m0/s1. The van der Waals surface area contributed by atoms with Gasteiger partial charge in [0.2, 0.25) is 5.76 Å². The summed E-state index contributed by atoms with van der Waals surface area (Å²) in [6, 6.07) is 0. The highest BCUT2D eigenvalue weighted by molar-refractivity contribution is 5.89. The third-order valence-corrected chi connectivity index (χ3v) is 2.59. The zero-order valence-corrected chi connectivity index (χ0v) is 10.1. The molecule has 0 unspecified atom stereocenters. The van der Waals surface area contributed by atoms with Gasteiger partial charge in [-0.05, 0) is 20.8 Å². The molecule has 1 N–H and O–H groups in total. The van der Waals surface area contributed by atoms with E-state index in [9.17, 15) is 9.90 Å². The molecule has 2 rings (SSSR count). The third kappa shape index (κ3) is 2.23. The van der Waals surface area contributed by atoms with Crippen LogP contribution >= 0.6 is 0 Å². The summed E-state index contributed by atoms with van der Waals surface area (Å²) in [6.45, 7) is 5.93. The Morgan fingerprint density at radius 1 is 1.53 bits per heavy atom. The Morgan fingerprint density at radius 2 is 2.24 bits per heavy atom. The second kappa shape index (κ2) is 4.19. The molecule has 0 aliphatic carbocycles. The Balaban J connectivity index is 2.14. The maximum Gasteiger partial charge on any atom is 0.378 e. The minimum absolute atomic E-state index is 0.129. The quantitative estimate of drug-likeness (QED) is 0.742. The highest BCUT2D eigenvalue weighted by Gasteiger charge is 2.47. The molecule has 0 spiro atoms. The van der Waals surface area contributed by atoms with Crippen LogP contribution < -0.4 is 0 Å². The number of hydrogen-bond acceptors (Lipinski definition) is 6. The van der Waals surface area contributed by atoms with E-state index in [1.165, 1.54) is 0 Å². The molecule has 2 atom stereocenters. The molecule has 1 fully saturated rings. The van der Waals surface area contributed by atoms with Crippen molar-refractivity contribution in [2.45, 2.75) is 38.8 Å². The lowest BCUT2D eigenvalue weighted by Crippen LogP contribution is -2.33. The Kier molecular flexibility index (Phi) is 3.01. The van der Waals surface area contributed by atoms with Gasteiger partial charge in [-0.25, -0.2) is 4.79 Å². The number of hydrogen-bond donors (Lipinski definition) is 1. The van der Waals surface area contributed by atoms with E-state index in [1.807, 2.05) is 0 Å². The summed E-state index contributed by atoms with van der Waals surface area (Å²) in [5, 5.41) is 9.53. The molecule has 2 aliphatic heterocycles. The number of ether oxygens (including phenoxy) is 4. The van der Waals surface area contributed by atoms with Crippen LogP contribution in [0.25, 0.3) is 0 Å². The van der Waals surface area contributed by atoms with E-state index < -0.39 is 29.7 Å². The Bertz CT molecular complexity index is 359. The van der Waals surface area contributed by atoms with Gasteiger partial charge in [0.1, 0.15) is 6.10 Å². The number of carbonyl (C=O) groups is 1. The zero-order valence-electron chi connectivity index (χ0n) is 10.1. The van der Waals surface area contributed by atoms with Gasteiger partial charge in [0.25, 0.3) is 0 Å². The molecule has 17 heavy (non-hydrogen) atoms. The van der Waals surface area contributed by atoms with Crippen LogP contribution in [-0.4, -0.2) is 42.3 Å². The molecule has 0 bridgehead atoms. The summed E-state index contributed by atoms with van der Waals surface area (Å²) in [5.74, 6) is -1.85. The first-order chi connectivity index (χ1) is 7.94. The topological polar surface area (TPSA) is 74.2 Å². The predicted molar refractivity (Wildman–Crippen MR) is 56.1 cm³/mol. The van der Waals surface area contributed by atoms with Crippen LogP contribution in [0.5, 0.6) is 0 Å². The van der Waals surface area contributed by atoms with Gasteiger partial charge in [-0.15, -0.1) is 0 Å². The lowest BCUT2D eigenvalue weighted by Gasteiger charge is -2.21. The van der Waals surface area contributed by atoms with Gasteiger partial charge in [0, 0.05) is 0 Å². The molecule has 96 valence electrons. The van der Waals surface area contributed by atoms with Crippen LogP contribution in [0.3, 0.4) is 0 Å². The first-order valence-corrected chi connectivity index (χ1v) is 5.53. The molecular formula is C11H16O6. The van der Waals surface area contributed by atoms with E-state index in [0.29, 0.717) is 6.61 Å². The highest BCUT2D eigenvalue weighted by atomic mass is 16.8. The van der Waals surface area contributed by atoms with Crippen LogP contribution in [0.15, 0.2) is 11.5 Å². The molecule has 2 heterocycles. The number of carbonyl (C=O) groups excluding carboxylic acids is 1. The van der Waals surface area contributed by atoms with Crippen molar-refractivity contribution in [1.29, 1.82) is 0 Å². The first-order valence-electron chi connectivity index (χ1n) is 5.53. The van der Waals surface area contributed by atoms with E-state index in [-0.39, 0.29) is 12.4 Å². The monoisotopic (exact) mass is 244 g/mol. The van der Waals surface area contributed by atoms with Crippen molar-refractivity contribution in [1.82, 2.24) is 0 Å². The van der Waals surface area contributed by atoms with Crippen molar-refractivity contribution in [3.8, 4) is 0 Å². The SMILES string of the molecule is CCOC1=C(O)C(=O)O[C@@H]1[C@@H]1COC(C)(C)O1. The van der Waals surface area contributed by atoms with Crippen LogP contribution in [-0.2, 0) is 23.7 Å². The van der Waals surface area contributed by atoms with Gasteiger partial charge in [-0.2, -0.15) is 0 Å². The summed E-state index contributed by atoms with van der Waals surface area (Å²) in [6.07, 6.45) is -1.19. The van der Waals surface area contributed by atoms with E-state index in [1.54, 1.807) is 20.8 Å². The van der Waals surface area contributed by atoms with Crippen molar-refractivity contribution in [3.05, 3.63) is 11.5 Å². The number of rotatable bonds is 3. The molecule has 0 saturated carbocycles. The fourth-order valence-corrected chi connectivity index (χ4v) is 1.88. The highest BCUT2D eigenvalue weighted by Crippen LogP contribution is 2.32. The number of aliphatic hydroxyl groups excluding tert-OH is 1. The molecule has 0 aromatic heterocycles. The second-order valence-electron chi connectivity index (χ2n) is 4.34. The van der Waals surface area contributed by atoms with E-state index in [4.69, 9.17) is 18.9 Å². The van der Waals surface area contributed by atoms with Gasteiger partial charge in [0.05, 0.1) is 13.2 Å². The van der Waals surface area contributed by atoms with Gasteiger partial charge >= 0.3 is 5.97 Å². The molecule has 0 radical (unpaired) electrons. The van der Waals surface area contributed by atoms with Crippen LogP contribution in [0, 0.1) is 0 Å². The largest absolute Gasteiger partial charge is 0.499 e. The van der Waals surface area contributed by atoms with Crippen molar-refractivity contribution in [3.63, 3.8) is 0 Å². The fraction of sp³-hybridized carbons (Fsp3) is 0.727. The molecule has 1 saturated heterocycles. The van der Waals surface area contributed by atoms with Gasteiger partial charge in [-0.3, -0.25) is 0 Å². The van der Waals surface area contributed by atoms with E-state index in [0.717, 1.165) is 0 Å². The van der Waals surface area contributed by atoms with Crippen molar-refractivity contribution >= 4 is 5.97 Å². The Hall–Kier alpha value is -1.27. The van der Waals surface area contributed by atoms with Gasteiger partial charge < -0.3 is 24.1 Å². The van der Waals surface area contributed by atoms with Crippen LogP contribution in [0.2, 0.25) is 0 Å². The average Bonchev–Trinajstić information content (AvgIpc) is 2.73. The maximum atomic E-state index is 11.3. The van der Waals surface area contributed by atoms with Crippen molar-refractivity contribution < 1.29 is 28.8 Å². The fourth-order valence-electron chi connectivity index (χ4n) is 1.88. The second-order valence-corrected chi connectivity index (χ2v) is 4.34. The Labute approximate surface area is 99.1 Å². The lowest BCUT2D eigenvalue weighted by molar-refractivity contribution is -0.163. The summed E-state index contributed by atoms with van der Waals surface area (Å²) in [4.78, 5) is 11.3. The van der Waals surface area contributed by atoms with E-state index >= 15 is 0 Å². The lowest BCUT2D eigenvalue weighted by atomic mass is 10.2.